The predicted molar refractivity (Wildman–Crippen MR) is 91.6 cm³/mol. The first kappa shape index (κ1) is 17.3. The van der Waals surface area contributed by atoms with Crippen molar-refractivity contribution in [3.05, 3.63) is 35.5 Å². The standard InChI is InChI=1S/C16H21N5O3/c1-9(2)18-15(22)12-7-11(6-5-10(12)3)19-16(23)20-14-13(24-4)8-17-21-14/h5-9H,1-4H3,(H,18,22)(H3,17,19,20,21,23). The minimum atomic E-state index is -0.475. The Morgan fingerprint density at radius 1 is 1.25 bits per heavy atom. The molecule has 2 aromatic rings. The predicted octanol–water partition coefficient (Wildman–Crippen LogP) is 2.51. The second-order valence-corrected chi connectivity index (χ2v) is 5.55. The first-order chi connectivity index (χ1) is 11.4. The van der Waals surface area contributed by atoms with Crippen molar-refractivity contribution in [2.45, 2.75) is 26.8 Å². The van der Waals surface area contributed by atoms with E-state index in [0.717, 1.165) is 5.56 Å². The Labute approximate surface area is 140 Å². The summed E-state index contributed by atoms with van der Waals surface area (Å²) in [5.41, 5.74) is 1.85. The van der Waals surface area contributed by atoms with E-state index in [-0.39, 0.29) is 11.9 Å². The molecule has 0 saturated carbocycles. The van der Waals surface area contributed by atoms with E-state index in [1.165, 1.54) is 13.3 Å². The van der Waals surface area contributed by atoms with Crippen LogP contribution in [-0.2, 0) is 0 Å². The minimum absolute atomic E-state index is 0.0321. The first-order valence-corrected chi connectivity index (χ1v) is 7.47. The number of urea groups is 1. The van der Waals surface area contributed by atoms with Crippen LogP contribution in [0.2, 0.25) is 0 Å². The van der Waals surface area contributed by atoms with Crippen molar-refractivity contribution >= 4 is 23.4 Å². The summed E-state index contributed by atoms with van der Waals surface area (Å²) in [6.07, 6.45) is 1.45. The van der Waals surface area contributed by atoms with Gasteiger partial charge in [0.2, 0.25) is 0 Å². The van der Waals surface area contributed by atoms with Crippen LogP contribution in [0.25, 0.3) is 0 Å². The maximum absolute atomic E-state index is 12.2. The van der Waals surface area contributed by atoms with Gasteiger partial charge in [-0.3, -0.25) is 15.2 Å². The van der Waals surface area contributed by atoms with Gasteiger partial charge in [0.05, 0.1) is 13.3 Å². The number of nitrogens with zero attached hydrogens (tertiary/aromatic N) is 1. The summed E-state index contributed by atoms with van der Waals surface area (Å²) < 4.78 is 5.05. The number of aromatic amines is 1. The fraction of sp³-hybridized carbons (Fsp3) is 0.312. The Hall–Kier alpha value is -3.03. The molecule has 8 heteroatoms. The topological polar surface area (TPSA) is 108 Å². The number of benzene rings is 1. The van der Waals surface area contributed by atoms with Gasteiger partial charge in [-0.1, -0.05) is 6.07 Å². The minimum Gasteiger partial charge on any atom is -0.491 e. The zero-order valence-electron chi connectivity index (χ0n) is 14.1. The van der Waals surface area contributed by atoms with E-state index in [4.69, 9.17) is 4.74 Å². The summed E-state index contributed by atoms with van der Waals surface area (Å²) in [6, 6.07) is 4.70. The van der Waals surface area contributed by atoms with Crippen LogP contribution >= 0.6 is 0 Å². The Morgan fingerprint density at radius 3 is 2.67 bits per heavy atom. The van der Waals surface area contributed by atoms with Crippen LogP contribution in [0.1, 0.15) is 29.8 Å². The number of carbonyl (C=O) groups is 2. The van der Waals surface area contributed by atoms with Gasteiger partial charge in [0.25, 0.3) is 5.91 Å². The van der Waals surface area contributed by atoms with Crippen LogP contribution in [0.3, 0.4) is 0 Å². The van der Waals surface area contributed by atoms with E-state index in [2.05, 4.69) is 26.1 Å². The van der Waals surface area contributed by atoms with Gasteiger partial charge in [0.1, 0.15) is 0 Å². The van der Waals surface area contributed by atoms with Gasteiger partial charge < -0.3 is 15.4 Å². The highest BCUT2D eigenvalue weighted by molar-refractivity contribution is 6.02. The van der Waals surface area contributed by atoms with Crippen LogP contribution in [0.15, 0.2) is 24.4 Å². The molecule has 0 radical (unpaired) electrons. The second kappa shape index (κ2) is 7.49. The molecular formula is C16H21N5O3. The lowest BCUT2D eigenvalue weighted by Crippen LogP contribution is -2.30. The molecule has 128 valence electrons. The van der Waals surface area contributed by atoms with E-state index in [9.17, 15) is 9.59 Å². The van der Waals surface area contributed by atoms with E-state index >= 15 is 0 Å². The van der Waals surface area contributed by atoms with E-state index in [0.29, 0.717) is 22.8 Å². The number of anilines is 2. The number of H-pyrrole nitrogens is 1. The number of hydrogen-bond donors (Lipinski definition) is 4. The van der Waals surface area contributed by atoms with Gasteiger partial charge in [-0.25, -0.2) is 4.79 Å². The number of carbonyl (C=O) groups excluding carboxylic acids is 2. The molecule has 0 spiro atoms. The van der Waals surface area contributed by atoms with Crippen molar-refractivity contribution in [2.24, 2.45) is 0 Å². The van der Waals surface area contributed by atoms with Gasteiger partial charge in [0.15, 0.2) is 11.6 Å². The van der Waals surface area contributed by atoms with E-state index < -0.39 is 6.03 Å². The van der Waals surface area contributed by atoms with E-state index in [1.807, 2.05) is 20.8 Å². The monoisotopic (exact) mass is 331 g/mol. The molecule has 0 fully saturated rings. The summed E-state index contributed by atoms with van der Waals surface area (Å²) in [5.74, 6) is 0.590. The lowest BCUT2D eigenvalue weighted by Gasteiger charge is -2.13. The number of ether oxygens (including phenoxy) is 1. The molecule has 1 aromatic carbocycles. The van der Waals surface area contributed by atoms with Gasteiger partial charge in [-0.2, -0.15) is 5.10 Å². The molecule has 2 rings (SSSR count). The Kier molecular flexibility index (Phi) is 5.41. The fourth-order valence-electron chi connectivity index (χ4n) is 2.08. The van der Waals surface area contributed by atoms with Crippen molar-refractivity contribution in [3.63, 3.8) is 0 Å². The van der Waals surface area contributed by atoms with Gasteiger partial charge in [-0.05, 0) is 38.5 Å². The lowest BCUT2D eigenvalue weighted by molar-refractivity contribution is 0.0942. The van der Waals surface area contributed by atoms with Crippen LogP contribution < -0.4 is 20.7 Å². The number of nitrogens with one attached hydrogen (secondary N) is 4. The van der Waals surface area contributed by atoms with Crippen molar-refractivity contribution in [3.8, 4) is 5.75 Å². The van der Waals surface area contributed by atoms with Gasteiger partial charge in [0, 0.05) is 17.3 Å². The zero-order chi connectivity index (χ0) is 17.7. The maximum Gasteiger partial charge on any atom is 0.324 e. The molecule has 0 bridgehead atoms. The second-order valence-electron chi connectivity index (χ2n) is 5.55. The SMILES string of the molecule is COc1cn[nH]c1NC(=O)Nc1ccc(C)c(C(=O)NC(C)C)c1. The number of methoxy groups -OCH3 is 1. The summed E-state index contributed by atoms with van der Waals surface area (Å²) >= 11 is 0. The molecule has 3 amide bonds. The van der Waals surface area contributed by atoms with Crippen LogP contribution in [0.5, 0.6) is 5.75 Å². The highest BCUT2D eigenvalue weighted by Crippen LogP contribution is 2.20. The van der Waals surface area contributed by atoms with Gasteiger partial charge >= 0.3 is 6.03 Å². The van der Waals surface area contributed by atoms with Gasteiger partial charge in [-0.15, -0.1) is 0 Å². The molecule has 0 aliphatic rings. The number of aryl methyl sites for hydroxylation is 1. The Balaban J connectivity index is 2.09. The maximum atomic E-state index is 12.2. The van der Waals surface area contributed by atoms with Crippen molar-refractivity contribution in [1.29, 1.82) is 0 Å². The highest BCUT2D eigenvalue weighted by Gasteiger charge is 2.13. The molecule has 4 N–H and O–H groups in total. The summed E-state index contributed by atoms with van der Waals surface area (Å²) in [7, 11) is 1.48. The van der Waals surface area contributed by atoms with Crippen LogP contribution in [-0.4, -0.2) is 35.3 Å². The largest absolute Gasteiger partial charge is 0.491 e. The van der Waals surface area contributed by atoms with Crippen molar-refractivity contribution < 1.29 is 14.3 Å². The molecule has 0 saturated heterocycles. The molecule has 0 aliphatic heterocycles. The van der Waals surface area contributed by atoms with Crippen LogP contribution in [0, 0.1) is 6.92 Å². The Bertz CT molecular complexity index is 739. The summed E-state index contributed by atoms with van der Waals surface area (Å²) in [5, 5.41) is 14.5. The Morgan fingerprint density at radius 2 is 2.00 bits per heavy atom. The van der Waals surface area contributed by atoms with Crippen LogP contribution in [0.4, 0.5) is 16.3 Å². The third kappa shape index (κ3) is 4.25. The summed E-state index contributed by atoms with van der Waals surface area (Å²) in [6.45, 7) is 5.62. The number of amides is 3. The number of rotatable bonds is 5. The van der Waals surface area contributed by atoms with Crippen molar-refractivity contribution in [2.75, 3.05) is 17.7 Å². The lowest BCUT2D eigenvalue weighted by atomic mass is 10.1. The highest BCUT2D eigenvalue weighted by atomic mass is 16.5. The number of hydrogen-bond acceptors (Lipinski definition) is 4. The molecule has 8 nitrogen and oxygen atoms in total. The average Bonchev–Trinajstić information content (AvgIpc) is 2.95. The molecule has 0 aliphatic carbocycles. The van der Waals surface area contributed by atoms with Crippen molar-refractivity contribution in [1.82, 2.24) is 15.5 Å². The summed E-state index contributed by atoms with van der Waals surface area (Å²) in [4.78, 5) is 24.3. The third-order valence-electron chi connectivity index (χ3n) is 3.22. The molecule has 24 heavy (non-hydrogen) atoms. The molecule has 1 aromatic heterocycles. The smallest absolute Gasteiger partial charge is 0.324 e. The normalized spacial score (nSPS) is 10.4. The first-order valence-electron chi connectivity index (χ1n) is 7.47. The average molecular weight is 331 g/mol. The fourth-order valence-corrected chi connectivity index (χ4v) is 2.08. The zero-order valence-corrected chi connectivity index (χ0v) is 14.1. The molecule has 0 atom stereocenters. The van der Waals surface area contributed by atoms with E-state index in [1.54, 1.807) is 18.2 Å². The number of aromatic nitrogens is 2. The molecule has 1 heterocycles. The quantitative estimate of drug-likeness (QED) is 0.675. The molecule has 0 unspecified atom stereocenters. The molecular weight excluding hydrogens is 310 g/mol. The third-order valence-corrected chi connectivity index (χ3v) is 3.22.